The molecule has 20 heavy (non-hydrogen) atoms. The molecule has 5 heteroatoms. The van der Waals surface area contributed by atoms with Crippen molar-refractivity contribution in [3.63, 3.8) is 0 Å². The van der Waals surface area contributed by atoms with Gasteiger partial charge >= 0.3 is 0 Å². The Hall–Kier alpha value is -1.69. The van der Waals surface area contributed by atoms with Gasteiger partial charge in [0.2, 0.25) is 5.91 Å². The Bertz CT molecular complexity index is 542. The van der Waals surface area contributed by atoms with Crippen LogP contribution in [0.3, 0.4) is 0 Å². The fourth-order valence-corrected chi connectivity index (χ4v) is 2.77. The van der Waals surface area contributed by atoms with Gasteiger partial charge in [-0.25, -0.2) is 0 Å². The van der Waals surface area contributed by atoms with Gasteiger partial charge in [0.1, 0.15) is 5.54 Å². The third kappa shape index (κ3) is 3.07. The number of methoxy groups -OCH3 is 1. The van der Waals surface area contributed by atoms with Gasteiger partial charge in [0.05, 0.1) is 6.61 Å². The van der Waals surface area contributed by atoms with Crippen molar-refractivity contribution in [1.29, 1.82) is 0 Å². The van der Waals surface area contributed by atoms with Crippen LogP contribution in [0.4, 0.5) is 0 Å². The average molecular weight is 290 g/mol. The number of nitrogens with two attached hydrogens (primary N) is 1. The zero-order valence-electron chi connectivity index (χ0n) is 11.3. The van der Waals surface area contributed by atoms with Crippen LogP contribution >= 0.6 is 11.3 Å². The van der Waals surface area contributed by atoms with Gasteiger partial charge in [-0.3, -0.25) is 10.1 Å². The first-order valence-electron chi connectivity index (χ1n) is 6.31. The second-order valence-corrected chi connectivity index (χ2v) is 5.53. The highest BCUT2D eigenvalue weighted by Crippen LogP contribution is 2.23. The molecule has 0 aliphatic carbocycles. The van der Waals surface area contributed by atoms with Crippen LogP contribution in [0.2, 0.25) is 0 Å². The Morgan fingerprint density at radius 1 is 1.30 bits per heavy atom. The highest BCUT2D eigenvalue weighted by molar-refractivity contribution is 7.09. The first-order valence-corrected chi connectivity index (χ1v) is 7.19. The van der Waals surface area contributed by atoms with Crippen molar-refractivity contribution in [1.82, 2.24) is 5.32 Å². The number of primary amides is 1. The van der Waals surface area contributed by atoms with Crippen molar-refractivity contribution in [3.8, 4) is 0 Å². The lowest BCUT2D eigenvalue weighted by atomic mass is 9.89. The molecule has 106 valence electrons. The van der Waals surface area contributed by atoms with Crippen LogP contribution in [0.15, 0.2) is 47.8 Å². The summed E-state index contributed by atoms with van der Waals surface area (Å²) in [6.45, 7) is 0.760. The van der Waals surface area contributed by atoms with Crippen molar-refractivity contribution in [2.24, 2.45) is 5.73 Å². The van der Waals surface area contributed by atoms with Gasteiger partial charge in [-0.1, -0.05) is 36.4 Å². The number of benzene rings is 1. The minimum Gasteiger partial charge on any atom is -0.382 e. The lowest BCUT2D eigenvalue weighted by Crippen LogP contribution is -2.55. The van der Waals surface area contributed by atoms with Crippen LogP contribution in [0.5, 0.6) is 0 Å². The molecule has 0 aliphatic heterocycles. The van der Waals surface area contributed by atoms with E-state index in [1.165, 1.54) is 0 Å². The summed E-state index contributed by atoms with van der Waals surface area (Å²) in [4.78, 5) is 13.2. The van der Waals surface area contributed by atoms with Gasteiger partial charge in [-0.15, -0.1) is 11.3 Å². The van der Waals surface area contributed by atoms with E-state index < -0.39 is 11.4 Å². The summed E-state index contributed by atoms with van der Waals surface area (Å²) in [5.74, 6) is -0.442. The summed E-state index contributed by atoms with van der Waals surface area (Å²) in [5.41, 5.74) is 5.45. The van der Waals surface area contributed by atoms with Crippen LogP contribution in [0, 0.1) is 0 Å². The van der Waals surface area contributed by atoms with Crippen LogP contribution in [0.1, 0.15) is 10.4 Å². The normalized spacial score (nSPS) is 13.8. The van der Waals surface area contributed by atoms with E-state index in [2.05, 4.69) is 5.32 Å². The van der Waals surface area contributed by atoms with Gasteiger partial charge in [0, 0.05) is 18.5 Å². The molecule has 0 saturated carbocycles. The molecule has 0 bridgehead atoms. The van der Waals surface area contributed by atoms with E-state index in [4.69, 9.17) is 10.5 Å². The smallest absolute Gasteiger partial charge is 0.244 e. The molecule has 2 rings (SSSR count). The monoisotopic (exact) mass is 290 g/mol. The number of nitrogens with one attached hydrogen (secondary N) is 1. The first-order chi connectivity index (χ1) is 9.69. The summed E-state index contributed by atoms with van der Waals surface area (Å²) in [6, 6.07) is 13.4. The largest absolute Gasteiger partial charge is 0.382 e. The number of hydrogen-bond acceptors (Lipinski definition) is 4. The lowest BCUT2D eigenvalue weighted by Gasteiger charge is -2.31. The molecule has 0 aliphatic rings. The quantitative estimate of drug-likeness (QED) is 0.818. The zero-order chi connectivity index (χ0) is 14.4. The topological polar surface area (TPSA) is 64.3 Å². The van der Waals surface area contributed by atoms with Crippen LogP contribution in [-0.4, -0.2) is 19.6 Å². The van der Waals surface area contributed by atoms with E-state index in [-0.39, 0.29) is 6.61 Å². The number of hydrogen-bond donors (Lipinski definition) is 2. The minimum atomic E-state index is -1.01. The highest BCUT2D eigenvalue weighted by Gasteiger charge is 2.38. The Kier molecular flexibility index (Phi) is 4.89. The standard InChI is InChI=1S/C15H18N2O2S/c1-19-11-15(14(16)18,12-6-3-2-4-7-12)17-10-13-8-5-9-20-13/h2-9,17H,10-11H2,1H3,(H2,16,18). The fourth-order valence-electron chi connectivity index (χ4n) is 2.13. The van der Waals surface area contributed by atoms with Crippen molar-refractivity contribution < 1.29 is 9.53 Å². The molecular formula is C15H18N2O2S. The van der Waals surface area contributed by atoms with Crippen LogP contribution in [0.25, 0.3) is 0 Å². The number of thiophene rings is 1. The second-order valence-electron chi connectivity index (χ2n) is 4.50. The Balaban J connectivity index is 2.29. The molecule has 3 N–H and O–H groups in total. The van der Waals surface area contributed by atoms with Crippen molar-refractivity contribution in [2.45, 2.75) is 12.1 Å². The average Bonchev–Trinajstić information content (AvgIpc) is 2.97. The molecule has 0 radical (unpaired) electrons. The van der Waals surface area contributed by atoms with E-state index in [1.54, 1.807) is 18.4 Å². The summed E-state index contributed by atoms with van der Waals surface area (Å²) in [7, 11) is 1.56. The predicted octanol–water partition coefficient (Wildman–Crippen LogP) is 1.86. The molecule has 1 amide bonds. The Morgan fingerprint density at radius 2 is 2.05 bits per heavy atom. The van der Waals surface area contributed by atoms with Gasteiger partial charge in [0.25, 0.3) is 0 Å². The predicted molar refractivity (Wildman–Crippen MR) is 80.3 cm³/mol. The molecule has 4 nitrogen and oxygen atoms in total. The number of rotatable bonds is 7. The maximum Gasteiger partial charge on any atom is 0.244 e. The van der Waals surface area contributed by atoms with Crippen molar-refractivity contribution in [2.75, 3.05) is 13.7 Å². The summed E-state index contributed by atoms with van der Waals surface area (Å²) < 4.78 is 5.23. The number of carbonyl (C=O) groups is 1. The molecule has 1 atom stereocenters. The van der Waals surface area contributed by atoms with Gasteiger partial charge < -0.3 is 10.5 Å². The van der Waals surface area contributed by atoms with Gasteiger partial charge in [-0.2, -0.15) is 0 Å². The Morgan fingerprint density at radius 3 is 2.60 bits per heavy atom. The molecule has 2 aromatic rings. The fraction of sp³-hybridized carbons (Fsp3) is 0.267. The first kappa shape index (κ1) is 14.7. The van der Waals surface area contributed by atoms with E-state index in [1.807, 2.05) is 47.8 Å². The molecule has 1 aromatic carbocycles. The molecule has 1 aromatic heterocycles. The SMILES string of the molecule is COCC(NCc1cccs1)(C(N)=O)c1ccccc1. The number of ether oxygens (including phenoxy) is 1. The van der Waals surface area contributed by atoms with Crippen LogP contribution in [-0.2, 0) is 21.6 Å². The highest BCUT2D eigenvalue weighted by atomic mass is 32.1. The molecule has 0 spiro atoms. The number of amides is 1. The van der Waals surface area contributed by atoms with E-state index in [0.717, 1.165) is 10.4 Å². The Labute approximate surface area is 122 Å². The van der Waals surface area contributed by atoms with E-state index >= 15 is 0 Å². The van der Waals surface area contributed by atoms with Gasteiger partial charge in [0.15, 0.2) is 0 Å². The minimum absolute atomic E-state index is 0.192. The third-order valence-corrected chi connectivity index (χ3v) is 4.07. The maximum atomic E-state index is 12.1. The third-order valence-electron chi connectivity index (χ3n) is 3.19. The van der Waals surface area contributed by atoms with E-state index in [9.17, 15) is 4.79 Å². The molecule has 0 fully saturated rings. The molecule has 0 saturated heterocycles. The lowest BCUT2D eigenvalue weighted by molar-refractivity contribution is -0.127. The summed E-state index contributed by atoms with van der Waals surface area (Å²) in [5, 5.41) is 5.26. The van der Waals surface area contributed by atoms with Crippen molar-refractivity contribution >= 4 is 17.2 Å². The van der Waals surface area contributed by atoms with Gasteiger partial charge in [-0.05, 0) is 17.0 Å². The number of carbonyl (C=O) groups excluding carboxylic acids is 1. The second kappa shape index (κ2) is 6.65. The molecule has 1 heterocycles. The summed E-state index contributed by atoms with van der Waals surface area (Å²) in [6.07, 6.45) is 0. The zero-order valence-corrected chi connectivity index (χ0v) is 12.2. The van der Waals surface area contributed by atoms with Crippen molar-refractivity contribution in [3.05, 3.63) is 58.3 Å². The van der Waals surface area contributed by atoms with E-state index in [0.29, 0.717) is 6.54 Å². The van der Waals surface area contributed by atoms with Crippen LogP contribution < -0.4 is 11.1 Å². The summed E-state index contributed by atoms with van der Waals surface area (Å²) >= 11 is 1.63. The molecular weight excluding hydrogens is 272 g/mol. The maximum absolute atomic E-state index is 12.1. The molecule has 1 unspecified atom stereocenters.